The number of rotatable bonds is 4. The summed E-state index contributed by atoms with van der Waals surface area (Å²) in [4.78, 5) is 11.5. The van der Waals surface area contributed by atoms with E-state index in [4.69, 9.17) is 14.0 Å². The van der Waals surface area contributed by atoms with Gasteiger partial charge in [0.05, 0.1) is 11.3 Å². The van der Waals surface area contributed by atoms with Gasteiger partial charge >= 0.3 is 0 Å². The van der Waals surface area contributed by atoms with Gasteiger partial charge in [0.2, 0.25) is 0 Å². The molecule has 0 amide bonds. The highest BCUT2D eigenvalue weighted by Crippen LogP contribution is 2.37. The number of ether oxygens (including phenoxy) is 2. The Morgan fingerprint density at radius 1 is 1.50 bits per heavy atom. The number of carbonyl (C=O) groups excluding carboxylic acids is 1. The number of hydrogen-bond acceptors (Lipinski definition) is 5. The molecule has 1 aliphatic rings. The predicted molar refractivity (Wildman–Crippen MR) is 67.3 cm³/mol. The maximum atomic E-state index is 13.3. The van der Waals surface area contributed by atoms with Crippen LogP contribution in [0.4, 0.5) is 4.39 Å². The molecule has 0 saturated carbocycles. The topological polar surface area (TPSA) is 89.9 Å². The fraction of sp³-hybridized carbons (Fsp3) is 0.417. The Balaban J connectivity index is 2.22. The fourth-order valence-electron chi connectivity index (χ4n) is 1.86. The van der Waals surface area contributed by atoms with Crippen molar-refractivity contribution in [2.75, 3.05) is 12.4 Å². The van der Waals surface area contributed by atoms with E-state index in [1.165, 1.54) is 6.92 Å². The molecule has 2 rings (SSSR count). The Hall–Kier alpha value is -1.67. The third-order valence-corrected chi connectivity index (χ3v) is 3.56. The minimum atomic E-state index is -4.10. The first-order valence-corrected chi connectivity index (χ1v) is 7.46. The van der Waals surface area contributed by atoms with Crippen LogP contribution in [0.1, 0.15) is 23.7 Å². The van der Waals surface area contributed by atoms with Crippen molar-refractivity contribution in [3.05, 3.63) is 23.5 Å². The van der Waals surface area contributed by atoms with Crippen LogP contribution in [0.3, 0.4) is 0 Å². The number of halogens is 1. The highest BCUT2D eigenvalue weighted by molar-refractivity contribution is 7.85. The molecule has 1 N–H and O–H groups in total. The van der Waals surface area contributed by atoms with E-state index >= 15 is 0 Å². The van der Waals surface area contributed by atoms with E-state index in [2.05, 4.69) is 0 Å². The van der Waals surface area contributed by atoms with Crippen molar-refractivity contribution in [3.8, 4) is 11.5 Å². The average molecular weight is 304 g/mol. The van der Waals surface area contributed by atoms with Crippen molar-refractivity contribution in [3.63, 3.8) is 0 Å². The third kappa shape index (κ3) is 3.45. The number of carbonyl (C=O) groups is 1. The smallest absolute Gasteiger partial charge is 0.264 e. The fourth-order valence-corrected chi connectivity index (χ4v) is 2.43. The van der Waals surface area contributed by atoms with Crippen molar-refractivity contribution < 1.29 is 31.6 Å². The summed E-state index contributed by atoms with van der Waals surface area (Å²) in [6.45, 7) is 1.28. The standard InChI is InChI=1S/C12H13FO6S/c1-7(14)10-4-8(13)5-11-12(10)19-9(6-18-11)2-3-20(15,16)17/h4-5,9H,2-3,6H2,1H3,(H,15,16,17)/t9-/m0/s1. The van der Waals surface area contributed by atoms with E-state index in [1.54, 1.807) is 0 Å². The van der Waals surface area contributed by atoms with Crippen LogP contribution in [0.2, 0.25) is 0 Å². The van der Waals surface area contributed by atoms with E-state index in [0.29, 0.717) is 0 Å². The summed E-state index contributed by atoms with van der Waals surface area (Å²) in [5.74, 6) is -1.27. The molecule has 0 unspecified atom stereocenters. The molecule has 110 valence electrons. The molecule has 0 aromatic heterocycles. The minimum Gasteiger partial charge on any atom is -0.486 e. The van der Waals surface area contributed by atoms with Crippen LogP contribution in [0.15, 0.2) is 12.1 Å². The van der Waals surface area contributed by atoms with Crippen LogP contribution in [0, 0.1) is 5.82 Å². The molecule has 1 aromatic rings. The van der Waals surface area contributed by atoms with Gasteiger partial charge in [-0.3, -0.25) is 9.35 Å². The van der Waals surface area contributed by atoms with E-state index in [9.17, 15) is 17.6 Å². The quantitative estimate of drug-likeness (QED) is 0.669. The molecule has 1 aromatic carbocycles. The maximum Gasteiger partial charge on any atom is 0.264 e. The van der Waals surface area contributed by atoms with E-state index in [-0.39, 0.29) is 35.9 Å². The normalized spacial score (nSPS) is 17.9. The molecule has 1 atom stereocenters. The van der Waals surface area contributed by atoms with Gasteiger partial charge in [-0.1, -0.05) is 0 Å². The molecular weight excluding hydrogens is 291 g/mol. The van der Waals surface area contributed by atoms with E-state index in [1.807, 2.05) is 0 Å². The van der Waals surface area contributed by atoms with Crippen LogP contribution < -0.4 is 9.47 Å². The Morgan fingerprint density at radius 3 is 2.80 bits per heavy atom. The SMILES string of the molecule is CC(=O)c1cc(F)cc2c1O[C@@H](CCS(=O)(=O)O)CO2. The molecule has 1 heterocycles. The van der Waals surface area contributed by atoms with Gasteiger partial charge in [-0.05, 0) is 13.0 Å². The predicted octanol–water partition coefficient (Wildman–Crippen LogP) is 1.45. The van der Waals surface area contributed by atoms with Gasteiger partial charge in [0, 0.05) is 12.5 Å². The second kappa shape index (κ2) is 5.37. The van der Waals surface area contributed by atoms with Crippen molar-refractivity contribution in [1.29, 1.82) is 0 Å². The first-order chi connectivity index (χ1) is 9.26. The summed E-state index contributed by atoms with van der Waals surface area (Å²) >= 11 is 0. The van der Waals surface area contributed by atoms with Gasteiger partial charge in [-0.15, -0.1) is 0 Å². The first-order valence-electron chi connectivity index (χ1n) is 5.85. The molecule has 0 saturated heterocycles. The van der Waals surface area contributed by atoms with Crippen molar-refractivity contribution in [2.45, 2.75) is 19.4 Å². The Bertz CT molecular complexity index is 640. The summed E-state index contributed by atoms with van der Waals surface area (Å²) in [5, 5.41) is 0. The zero-order valence-corrected chi connectivity index (χ0v) is 11.4. The van der Waals surface area contributed by atoms with Crippen LogP contribution in [0.5, 0.6) is 11.5 Å². The molecule has 0 spiro atoms. The summed E-state index contributed by atoms with van der Waals surface area (Å²) in [5.41, 5.74) is 0.0385. The molecule has 0 radical (unpaired) electrons. The van der Waals surface area contributed by atoms with Gasteiger partial charge in [0.1, 0.15) is 18.5 Å². The lowest BCUT2D eigenvalue weighted by Gasteiger charge is -2.27. The lowest BCUT2D eigenvalue weighted by molar-refractivity contribution is 0.0835. The van der Waals surface area contributed by atoms with E-state index < -0.39 is 27.8 Å². The van der Waals surface area contributed by atoms with Gasteiger partial charge in [-0.2, -0.15) is 8.42 Å². The van der Waals surface area contributed by atoms with Crippen molar-refractivity contribution in [2.24, 2.45) is 0 Å². The van der Waals surface area contributed by atoms with E-state index in [0.717, 1.165) is 12.1 Å². The third-order valence-electron chi connectivity index (χ3n) is 2.81. The molecule has 20 heavy (non-hydrogen) atoms. The Morgan fingerprint density at radius 2 is 2.20 bits per heavy atom. The Labute approximate surface area is 115 Å². The minimum absolute atomic E-state index is 0.00694. The van der Waals surface area contributed by atoms with Crippen molar-refractivity contribution >= 4 is 15.9 Å². The molecule has 0 aliphatic carbocycles. The van der Waals surface area contributed by atoms with Gasteiger partial charge in [-0.25, -0.2) is 4.39 Å². The number of hydrogen-bond donors (Lipinski definition) is 1. The summed E-state index contributed by atoms with van der Waals surface area (Å²) in [6, 6.07) is 2.14. The summed E-state index contributed by atoms with van der Waals surface area (Å²) in [6.07, 6.45) is -0.625. The van der Waals surface area contributed by atoms with Crippen LogP contribution in [-0.2, 0) is 10.1 Å². The highest BCUT2D eigenvalue weighted by Gasteiger charge is 2.27. The molecular formula is C12H13FO6S. The molecule has 0 bridgehead atoms. The second-order valence-electron chi connectivity index (χ2n) is 4.46. The average Bonchev–Trinajstić information content (AvgIpc) is 2.34. The lowest BCUT2D eigenvalue weighted by Crippen LogP contribution is -2.32. The zero-order chi connectivity index (χ0) is 14.9. The molecule has 0 fully saturated rings. The highest BCUT2D eigenvalue weighted by atomic mass is 32.2. The molecule has 8 heteroatoms. The van der Waals surface area contributed by atoms with Gasteiger partial charge in [0.25, 0.3) is 10.1 Å². The molecule has 6 nitrogen and oxygen atoms in total. The number of fused-ring (bicyclic) bond motifs is 1. The van der Waals surface area contributed by atoms with Crippen LogP contribution in [-0.4, -0.2) is 37.2 Å². The Kier molecular flexibility index (Phi) is 3.96. The zero-order valence-electron chi connectivity index (χ0n) is 10.6. The monoisotopic (exact) mass is 304 g/mol. The summed E-state index contributed by atoms with van der Waals surface area (Å²) < 4.78 is 54.2. The van der Waals surface area contributed by atoms with Gasteiger partial charge in [0.15, 0.2) is 17.3 Å². The van der Waals surface area contributed by atoms with Crippen LogP contribution >= 0.6 is 0 Å². The largest absolute Gasteiger partial charge is 0.486 e. The number of Topliss-reactive ketones (excluding diaryl/α,β-unsaturated/α-hetero) is 1. The first kappa shape index (κ1) is 14.7. The molecule has 1 aliphatic heterocycles. The summed E-state index contributed by atoms with van der Waals surface area (Å²) in [7, 11) is -4.10. The van der Waals surface area contributed by atoms with Crippen LogP contribution in [0.25, 0.3) is 0 Å². The van der Waals surface area contributed by atoms with Gasteiger partial charge < -0.3 is 9.47 Å². The lowest BCUT2D eigenvalue weighted by atomic mass is 10.1. The number of ketones is 1. The number of benzene rings is 1. The van der Waals surface area contributed by atoms with Crippen molar-refractivity contribution in [1.82, 2.24) is 0 Å². The maximum absolute atomic E-state index is 13.3. The second-order valence-corrected chi connectivity index (χ2v) is 6.03.